The van der Waals surface area contributed by atoms with Crippen molar-refractivity contribution in [2.24, 2.45) is 5.92 Å². The molecule has 86 valence electrons. The van der Waals surface area contributed by atoms with Crippen LogP contribution in [0, 0.1) is 26.7 Å². The van der Waals surface area contributed by atoms with Gasteiger partial charge in [-0.05, 0) is 44.4 Å². The summed E-state index contributed by atoms with van der Waals surface area (Å²) in [6.07, 6.45) is 2.46. The maximum absolute atomic E-state index is 4.56. The van der Waals surface area contributed by atoms with E-state index in [9.17, 15) is 0 Å². The maximum atomic E-state index is 4.56. The van der Waals surface area contributed by atoms with E-state index >= 15 is 0 Å². The second-order valence-electron chi connectivity index (χ2n) is 4.32. The number of hydrogen-bond acceptors (Lipinski definition) is 2. The minimum absolute atomic E-state index is 0.649. The largest absolute Gasteiger partial charge is 0.269 e. The second kappa shape index (κ2) is 5.59. The van der Waals surface area contributed by atoms with Crippen LogP contribution in [0.3, 0.4) is 0 Å². The van der Waals surface area contributed by atoms with Crippen molar-refractivity contribution in [1.82, 2.24) is 9.78 Å². The fourth-order valence-corrected chi connectivity index (χ4v) is 2.16. The summed E-state index contributed by atoms with van der Waals surface area (Å²) in [5, 5.41) is 4.56. The van der Waals surface area contributed by atoms with E-state index in [1.54, 1.807) is 0 Å². The van der Waals surface area contributed by atoms with Crippen LogP contribution < -0.4 is 0 Å². The summed E-state index contributed by atoms with van der Waals surface area (Å²) in [5.74, 6) is 1.60. The van der Waals surface area contributed by atoms with Gasteiger partial charge < -0.3 is 0 Å². The maximum Gasteiger partial charge on any atom is 0.0625 e. The summed E-state index contributed by atoms with van der Waals surface area (Å²) in [4.78, 5) is 0. The van der Waals surface area contributed by atoms with Crippen LogP contribution in [0.15, 0.2) is 0 Å². The first kappa shape index (κ1) is 12.6. The molecule has 1 aromatic rings. The van der Waals surface area contributed by atoms with Crippen molar-refractivity contribution in [3.05, 3.63) is 17.0 Å². The SMILES string of the molecule is CCCC(CS)Cn1nc(C)c(C)c1C. The highest BCUT2D eigenvalue weighted by atomic mass is 32.1. The summed E-state index contributed by atoms with van der Waals surface area (Å²) in [5.41, 5.74) is 3.78. The molecule has 3 heteroatoms. The third-order valence-corrected chi connectivity index (χ3v) is 3.65. The molecule has 0 spiro atoms. The van der Waals surface area contributed by atoms with E-state index in [1.807, 2.05) is 0 Å². The third-order valence-electron chi connectivity index (χ3n) is 3.13. The van der Waals surface area contributed by atoms with Crippen molar-refractivity contribution in [3.63, 3.8) is 0 Å². The van der Waals surface area contributed by atoms with Crippen LogP contribution in [-0.4, -0.2) is 15.5 Å². The molecule has 0 aliphatic carbocycles. The lowest BCUT2D eigenvalue weighted by atomic mass is 10.1. The van der Waals surface area contributed by atoms with E-state index in [1.165, 1.54) is 24.1 Å². The van der Waals surface area contributed by atoms with Gasteiger partial charge in [-0.25, -0.2) is 0 Å². The summed E-state index contributed by atoms with van der Waals surface area (Å²) >= 11 is 4.41. The Balaban J connectivity index is 2.74. The molecule has 1 aromatic heterocycles. The van der Waals surface area contributed by atoms with E-state index in [-0.39, 0.29) is 0 Å². The molecule has 0 saturated carbocycles. The van der Waals surface area contributed by atoms with Crippen LogP contribution in [0.1, 0.15) is 36.7 Å². The van der Waals surface area contributed by atoms with Gasteiger partial charge in [-0.2, -0.15) is 17.7 Å². The van der Waals surface area contributed by atoms with Crippen molar-refractivity contribution >= 4 is 12.6 Å². The predicted octanol–water partition coefficient (Wildman–Crippen LogP) is 3.15. The van der Waals surface area contributed by atoms with Gasteiger partial charge in [-0.1, -0.05) is 13.3 Å². The van der Waals surface area contributed by atoms with E-state index < -0.39 is 0 Å². The molecule has 0 aliphatic heterocycles. The molecule has 0 saturated heterocycles. The van der Waals surface area contributed by atoms with E-state index in [2.05, 4.69) is 50.1 Å². The lowest BCUT2D eigenvalue weighted by Crippen LogP contribution is -2.14. The fourth-order valence-electron chi connectivity index (χ4n) is 1.86. The third kappa shape index (κ3) is 3.00. The Morgan fingerprint density at radius 2 is 2.00 bits per heavy atom. The lowest BCUT2D eigenvalue weighted by Gasteiger charge is -2.14. The number of rotatable bonds is 5. The van der Waals surface area contributed by atoms with E-state index in [4.69, 9.17) is 0 Å². The zero-order chi connectivity index (χ0) is 11.4. The van der Waals surface area contributed by atoms with Crippen LogP contribution in [0.2, 0.25) is 0 Å². The van der Waals surface area contributed by atoms with Crippen LogP contribution in [-0.2, 0) is 6.54 Å². The predicted molar refractivity (Wildman–Crippen MR) is 68.7 cm³/mol. The average Bonchev–Trinajstić information content (AvgIpc) is 2.46. The molecular weight excluding hydrogens is 204 g/mol. The van der Waals surface area contributed by atoms with Crippen molar-refractivity contribution in [2.45, 2.75) is 47.1 Å². The van der Waals surface area contributed by atoms with Gasteiger partial charge in [0.15, 0.2) is 0 Å². The number of nitrogens with zero attached hydrogens (tertiary/aromatic N) is 2. The first-order chi connectivity index (χ1) is 7.10. The monoisotopic (exact) mass is 226 g/mol. The number of aromatic nitrogens is 2. The Labute approximate surface area is 98.5 Å². The van der Waals surface area contributed by atoms with Gasteiger partial charge >= 0.3 is 0 Å². The van der Waals surface area contributed by atoms with Gasteiger partial charge in [0.05, 0.1) is 5.69 Å². The summed E-state index contributed by atoms with van der Waals surface area (Å²) in [6.45, 7) is 9.61. The second-order valence-corrected chi connectivity index (χ2v) is 4.68. The number of aryl methyl sites for hydroxylation is 1. The van der Waals surface area contributed by atoms with Crippen LogP contribution in [0.4, 0.5) is 0 Å². The summed E-state index contributed by atoms with van der Waals surface area (Å²) in [7, 11) is 0. The molecule has 1 unspecified atom stereocenters. The van der Waals surface area contributed by atoms with E-state index in [0.717, 1.165) is 18.0 Å². The number of thiol groups is 1. The molecule has 1 heterocycles. The molecule has 0 amide bonds. The van der Waals surface area contributed by atoms with Gasteiger partial charge in [0.2, 0.25) is 0 Å². The van der Waals surface area contributed by atoms with Crippen LogP contribution in [0.25, 0.3) is 0 Å². The molecular formula is C12H22N2S. The average molecular weight is 226 g/mol. The quantitative estimate of drug-likeness (QED) is 0.764. The molecule has 0 aromatic carbocycles. The molecule has 0 fully saturated rings. The van der Waals surface area contributed by atoms with Crippen molar-refractivity contribution in [1.29, 1.82) is 0 Å². The van der Waals surface area contributed by atoms with Gasteiger partial charge in [0, 0.05) is 12.2 Å². The zero-order valence-electron chi connectivity index (χ0n) is 10.2. The molecule has 1 rings (SSSR count). The Hall–Kier alpha value is -0.440. The standard InChI is InChI=1S/C12H22N2S/c1-5-6-12(8-15)7-14-11(4)9(2)10(3)13-14/h12,15H,5-8H2,1-4H3. The molecule has 0 bridgehead atoms. The van der Waals surface area contributed by atoms with Gasteiger partial charge in [0.1, 0.15) is 0 Å². The van der Waals surface area contributed by atoms with Gasteiger partial charge in [-0.3, -0.25) is 4.68 Å². The molecule has 2 nitrogen and oxygen atoms in total. The summed E-state index contributed by atoms with van der Waals surface area (Å²) in [6, 6.07) is 0. The van der Waals surface area contributed by atoms with Crippen molar-refractivity contribution in [3.8, 4) is 0 Å². The fraction of sp³-hybridized carbons (Fsp3) is 0.750. The Morgan fingerprint density at radius 3 is 2.40 bits per heavy atom. The smallest absolute Gasteiger partial charge is 0.0625 e. The first-order valence-corrected chi connectivity index (χ1v) is 6.34. The Kier molecular flexibility index (Phi) is 4.71. The first-order valence-electron chi connectivity index (χ1n) is 5.71. The Bertz CT molecular complexity index is 318. The normalized spacial score (nSPS) is 13.1. The minimum Gasteiger partial charge on any atom is -0.269 e. The highest BCUT2D eigenvalue weighted by molar-refractivity contribution is 7.80. The van der Waals surface area contributed by atoms with E-state index in [0.29, 0.717) is 5.92 Å². The zero-order valence-corrected chi connectivity index (χ0v) is 11.1. The van der Waals surface area contributed by atoms with Gasteiger partial charge in [-0.15, -0.1) is 0 Å². The highest BCUT2D eigenvalue weighted by Gasteiger charge is 2.11. The van der Waals surface area contributed by atoms with Crippen molar-refractivity contribution < 1.29 is 0 Å². The minimum atomic E-state index is 0.649. The molecule has 1 atom stereocenters. The Morgan fingerprint density at radius 1 is 1.33 bits per heavy atom. The molecule has 0 radical (unpaired) electrons. The van der Waals surface area contributed by atoms with Crippen molar-refractivity contribution in [2.75, 3.05) is 5.75 Å². The summed E-state index contributed by atoms with van der Waals surface area (Å²) < 4.78 is 2.14. The van der Waals surface area contributed by atoms with Gasteiger partial charge in [0.25, 0.3) is 0 Å². The molecule has 0 aliphatic rings. The topological polar surface area (TPSA) is 17.8 Å². The van der Waals surface area contributed by atoms with Crippen LogP contribution >= 0.6 is 12.6 Å². The lowest BCUT2D eigenvalue weighted by molar-refractivity contribution is 0.420. The number of hydrogen-bond donors (Lipinski definition) is 1. The van der Waals surface area contributed by atoms with Crippen LogP contribution in [0.5, 0.6) is 0 Å². The molecule has 15 heavy (non-hydrogen) atoms. The molecule has 0 N–H and O–H groups in total. The highest BCUT2D eigenvalue weighted by Crippen LogP contribution is 2.16.